The van der Waals surface area contributed by atoms with E-state index in [1.54, 1.807) is 0 Å². The maximum atomic E-state index is 5.69. The Labute approximate surface area is 79.6 Å². The molecule has 0 amide bonds. The SMILES string of the molecule is CC1(CN2CCN(N)CC2)COC1. The topological polar surface area (TPSA) is 41.7 Å². The summed E-state index contributed by atoms with van der Waals surface area (Å²) in [4.78, 5) is 2.49. The lowest BCUT2D eigenvalue weighted by Crippen LogP contribution is -2.55. The van der Waals surface area contributed by atoms with Crippen LogP contribution < -0.4 is 5.84 Å². The van der Waals surface area contributed by atoms with Gasteiger partial charge in [0.2, 0.25) is 0 Å². The number of rotatable bonds is 2. The van der Waals surface area contributed by atoms with Gasteiger partial charge in [0.05, 0.1) is 13.2 Å². The van der Waals surface area contributed by atoms with Gasteiger partial charge in [-0.05, 0) is 0 Å². The van der Waals surface area contributed by atoms with Crippen molar-refractivity contribution < 1.29 is 4.74 Å². The lowest BCUT2D eigenvalue weighted by molar-refractivity contribution is -0.118. The molecule has 0 unspecified atom stereocenters. The molecule has 0 radical (unpaired) electrons. The van der Waals surface area contributed by atoms with Gasteiger partial charge in [0, 0.05) is 38.1 Å². The van der Waals surface area contributed by atoms with Crippen LogP contribution in [0, 0.1) is 5.41 Å². The summed E-state index contributed by atoms with van der Waals surface area (Å²) in [6, 6.07) is 0. The number of nitrogens with zero attached hydrogens (tertiary/aromatic N) is 2. The molecular formula is C9H19N3O. The van der Waals surface area contributed by atoms with Crippen molar-refractivity contribution in [2.24, 2.45) is 11.3 Å². The monoisotopic (exact) mass is 185 g/mol. The molecule has 0 atom stereocenters. The summed E-state index contributed by atoms with van der Waals surface area (Å²) in [6.07, 6.45) is 0. The van der Waals surface area contributed by atoms with E-state index < -0.39 is 0 Å². The number of nitrogens with two attached hydrogens (primary N) is 1. The van der Waals surface area contributed by atoms with Crippen molar-refractivity contribution in [1.29, 1.82) is 0 Å². The molecule has 76 valence electrons. The first-order valence-electron chi connectivity index (χ1n) is 4.98. The summed E-state index contributed by atoms with van der Waals surface area (Å²) in [7, 11) is 0. The molecule has 2 heterocycles. The smallest absolute Gasteiger partial charge is 0.0554 e. The van der Waals surface area contributed by atoms with E-state index in [1.807, 2.05) is 5.01 Å². The van der Waals surface area contributed by atoms with E-state index in [0.29, 0.717) is 5.41 Å². The summed E-state index contributed by atoms with van der Waals surface area (Å²) >= 11 is 0. The van der Waals surface area contributed by atoms with Gasteiger partial charge >= 0.3 is 0 Å². The normalized spacial score (nSPS) is 30.0. The summed E-state index contributed by atoms with van der Waals surface area (Å²) < 4.78 is 5.24. The van der Waals surface area contributed by atoms with Gasteiger partial charge in [0.15, 0.2) is 0 Å². The molecule has 0 spiro atoms. The molecule has 0 aromatic heterocycles. The second kappa shape index (κ2) is 3.53. The third-order valence-corrected chi connectivity index (χ3v) is 2.91. The van der Waals surface area contributed by atoms with Crippen molar-refractivity contribution in [3.05, 3.63) is 0 Å². The molecule has 13 heavy (non-hydrogen) atoms. The van der Waals surface area contributed by atoms with Crippen molar-refractivity contribution in [3.8, 4) is 0 Å². The lowest BCUT2D eigenvalue weighted by Gasteiger charge is -2.43. The fourth-order valence-electron chi connectivity index (χ4n) is 2.00. The van der Waals surface area contributed by atoms with Crippen LogP contribution in [0.4, 0.5) is 0 Å². The summed E-state index contributed by atoms with van der Waals surface area (Å²) in [5.74, 6) is 5.69. The molecule has 4 nitrogen and oxygen atoms in total. The molecule has 0 saturated carbocycles. The number of hydrogen-bond acceptors (Lipinski definition) is 4. The Morgan fingerprint density at radius 3 is 2.31 bits per heavy atom. The zero-order valence-corrected chi connectivity index (χ0v) is 8.33. The van der Waals surface area contributed by atoms with Crippen molar-refractivity contribution in [2.45, 2.75) is 6.92 Å². The fourth-order valence-corrected chi connectivity index (χ4v) is 2.00. The minimum absolute atomic E-state index is 0.413. The molecule has 2 aliphatic rings. The van der Waals surface area contributed by atoms with Crippen LogP contribution in [0.3, 0.4) is 0 Å². The summed E-state index contributed by atoms with van der Waals surface area (Å²) in [5.41, 5.74) is 0.413. The first-order chi connectivity index (χ1) is 6.18. The Morgan fingerprint density at radius 2 is 1.85 bits per heavy atom. The van der Waals surface area contributed by atoms with E-state index in [0.717, 1.165) is 39.4 Å². The van der Waals surface area contributed by atoms with Gasteiger partial charge in [-0.15, -0.1) is 0 Å². The van der Waals surface area contributed by atoms with Gasteiger partial charge in [0.1, 0.15) is 0 Å². The van der Waals surface area contributed by atoms with Crippen LogP contribution >= 0.6 is 0 Å². The van der Waals surface area contributed by atoms with Crippen LogP contribution in [0.25, 0.3) is 0 Å². The highest BCUT2D eigenvalue weighted by atomic mass is 16.5. The lowest BCUT2D eigenvalue weighted by atomic mass is 9.88. The standard InChI is InChI=1S/C9H19N3O/c1-9(7-13-8-9)6-11-2-4-12(10)5-3-11/h2-8,10H2,1H3. The zero-order valence-electron chi connectivity index (χ0n) is 8.33. The minimum atomic E-state index is 0.413. The van der Waals surface area contributed by atoms with Crippen LogP contribution in [-0.4, -0.2) is 55.8 Å². The molecule has 2 N–H and O–H groups in total. The van der Waals surface area contributed by atoms with E-state index in [1.165, 1.54) is 6.54 Å². The summed E-state index contributed by atoms with van der Waals surface area (Å²) in [6.45, 7) is 9.52. The Kier molecular flexibility index (Phi) is 2.55. The highest BCUT2D eigenvalue weighted by Gasteiger charge is 2.35. The molecule has 0 bridgehead atoms. The Bertz CT molecular complexity index is 174. The highest BCUT2D eigenvalue weighted by Crippen LogP contribution is 2.27. The highest BCUT2D eigenvalue weighted by molar-refractivity contribution is 4.85. The molecule has 2 fully saturated rings. The van der Waals surface area contributed by atoms with Gasteiger partial charge in [-0.3, -0.25) is 10.7 Å². The number of ether oxygens (including phenoxy) is 1. The van der Waals surface area contributed by atoms with Crippen LogP contribution in [0.15, 0.2) is 0 Å². The molecule has 4 heteroatoms. The summed E-state index contributed by atoms with van der Waals surface area (Å²) in [5, 5.41) is 1.90. The average molecular weight is 185 g/mol. The second-order valence-corrected chi connectivity index (χ2v) is 4.62. The van der Waals surface area contributed by atoms with Crippen LogP contribution in [-0.2, 0) is 4.74 Å². The van der Waals surface area contributed by atoms with Crippen LogP contribution in [0.1, 0.15) is 6.92 Å². The van der Waals surface area contributed by atoms with Gasteiger partial charge < -0.3 is 4.74 Å². The first-order valence-corrected chi connectivity index (χ1v) is 4.98. The number of hydrazine groups is 1. The average Bonchev–Trinajstić information content (AvgIpc) is 2.06. The minimum Gasteiger partial charge on any atom is -0.380 e. The van der Waals surface area contributed by atoms with Gasteiger partial charge in [-0.1, -0.05) is 6.92 Å². The molecule has 0 aliphatic carbocycles. The van der Waals surface area contributed by atoms with E-state index in [2.05, 4.69) is 11.8 Å². The van der Waals surface area contributed by atoms with Crippen LogP contribution in [0.2, 0.25) is 0 Å². The molecule has 2 rings (SSSR count). The van der Waals surface area contributed by atoms with E-state index in [-0.39, 0.29) is 0 Å². The third-order valence-electron chi connectivity index (χ3n) is 2.91. The van der Waals surface area contributed by atoms with Crippen molar-refractivity contribution in [3.63, 3.8) is 0 Å². The largest absolute Gasteiger partial charge is 0.380 e. The quantitative estimate of drug-likeness (QED) is 0.590. The third kappa shape index (κ3) is 2.20. The number of piperazine rings is 1. The molecule has 2 saturated heterocycles. The fraction of sp³-hybridized carbons (Fsp3) is 1.00. The predicted octanol–water partition coefficient (Wildman–Crippen LogP) is -0.486. The van der Waals surface area contributed by atoms with Crippen molar-refractivity contribution in [2.75, 3.05) is 45.9 Å². The molecular weight excluding hydrogens is 166 g/mol. The maximum Gasteiger partial charge on any atom is 0.0554 e. The van der Waals surface area contributed by atoms with Crippen LogP contribution in [0.5, 0.6) is 0 Å². The zero-order chi connectivity index (χ0) is 9.31. The van der Waals surface area contributed by atoms with Gasteiger partial charge in [-0.25, -0.2) is 5.01 Å². The first kappa shape index (κ1) is 9.40. The Morgan fingerprint density at radius 1 is 1.23 bits per heavy atom. The Balaban J connectivity index is 1.76. The van der Waals surface area contributed by atoms with Crippen molar-refractivity contribution in [1.82, 2.24) is 9.91 Å². The molecule has 0 aromatic rings. The number of hydrogen-bond donors (Lipinski definition) is 1. The van der Waals surface area contributed by atoms with E-state index >= 15 is 0 Å². The molecule has 0 aromatic carbocycles. The Hall–Kier alpha value is -0.160. The van der Waals surface area contributed by atoms with E-state index in [9.17, 15) is 0 Å². The molecule has 2 aliphatic heterocycles. The second-order valence-electron chi connectivity index (χ2n) is 4.62. The predicted molar refractivity (Wildman–Crippen MR) is 51.1 cm³/mol. The van der Waals surface area contributed by atoms with Gasteiger partial charge in [-0.2, -0.15) is 0 Å². The van der Waals surface area contributed by atoms with Crippen molar-refractivity contribution >= 4 is 0 Å². The van der Waals surface area contributed by atoms with Gasteiger partial charge in [0.25, 0.3) is 0 Å². The van der Waals surface area contributed by atoms with E-state index in [4.69, 9.17) is 10.6 Å². The maximum absolute atomic E-state index is 5.69.